The van der Waals surface area contributed by atoms with Crippen LogP contribution in [0, 0.1) is 0 Å². The third-order valence-electron chi connectivity index (χ3n) is 3.27. The first-order valence-corrected chi connectivity index (χ1v) is 8.52. The van der Waals surface area contributed by atoms with Gasteiger partial charge in [-0.15, -0.1) is 0 Å². The molecule has 132 valence electrons. The Morgan fingerprint density at radius 2 is 1.68 bits per heavy atom. The molecule has 25 heavy (non-hydrogen) atoms. The van der Waals surface area contributed by atoms with E-state index < -0.39 is 11.8 Å². The largest absolute Gasteiger partial charge is 0.493 e. The van der Waals surface area contributed by atoms with Crippen LogP contribution in [0.2, 0.25) is 0 Å². The second-order valence-electron chi connectivity index (χ2n) is 5.11. The van der Waals surface area contributed by atoms with E-state index in [1.54, 1.807) is 42.5 Å². The summed E-state index contributed by atoms with van der Waals surface area (Å²) in [5.74, 6) is 0.102. The predicted molar refractivity (Wildman–Crippen MR) is 97.9 cm³/mol. The van der Waals surface area contributed by atoms with Gasteiger partial charge < -0.3 is 9.47 Å². The molecular formula is C18H19BrN2O4. The third-order valence-corrected chi connectivity index (χ3v) is 3.86. The molecule has 0 spiro atoms. The average Bonchev–Trinajstić information content (AvgIpc) is 2.64. The van der Waals surface area contributed by atoms with Gasteiger partial charge in [0.25, 0.3) is 11.8 Å². The Labute approximate surface area is 154 Å². The number of hydrogen-bond donors (Lipinski definition) is 2. The lowest BCUT2D eigenvalue weighted by molar-refractivity contribution is 0.0846. The zero-order valence-corrected chi connectivity index (χ0v) is 15.6. The minimum atomic E-state index is -0.467. The molecule has 2 aromatic rings. The van der Waals surface area contributed by atoms with E-state index in [0.717, 1.165) is 6.42 Å². The summed E-state index contributed by atoms with van der Waals surface area (Å²) < 4.78 is 11.5. The molecule has 0 atom stereocenters. The summed E-state index contributed by atoms with van der Waals surface area (Å²) >= 11 is 3.38. The topological polar surface area (TPSA) is 76.7 Å². The Morgan fingerprint density at radius 1 is 1.04 bits per heavy atom. The minimum absolute atomic E-state index is 0.320. The Balaban J connectivity index is 2.08. The highest BCUT2D eigenvalue weighted by Crippen LogP contribution is 2.36. The normalized spacial score (nSPS) is 10.0. The summed E-state index contributed by atoms with van der Waals surface area (Å²) in [6.45, 7) is 2.53. The van der Waals surface area contributed by atoms with Gasteiger partial charge in [-0.3, -0.25) is 20.4 Å². The van der Waals surface area contributed by atoms with Gasteiger partial charge in [-0.2, -0.15) is 0 Å². The molecule has 7 heteroatoms. The number of hydrogen-bond acceptors (Lipinski definition) is 4. The first-order valence-electron chi connectivity index (χ1n) is 7.72. The highest BCUT2D eigenvalue weighted by atomic mass is 79.9. The molecule has 0 unspecified atom stereocenters. The number of carbonyl (C=O) groups excluding carboxylic acids is 2. The molecule has 0 heterocycles. The van der Waals surface area contributed by atoms with Gasteiger partial charge in [-0.05, 0) is 46.6 Å². The molecule has 2 rings (SSSR count). The van der Waals surface area contributed by atoms with Crippen LogP contribution >= 0.6 is 15.9 Å². The molecule has 2 N–H and O–H groups in total. The number of hydrazine groups is 1. The van der Waals surface area contributed by atoms with E-state index in [-0.39, 0.29) is 0 Å². The SMILES string of the molecule is CCCOc1c(Br)cc(C(=O)NNC(=O)c2ccccc2)cc1OC. The van der Waals surface area contributed by atoms with E-state index in [9.17, 15) is 9.59 Å². The van der Waals surface area contributed by atoms with E-state index >= 15 is 0 Å². The van der Waals surface area contributed by atoms with Crippen molar-refractivity contribution in [2.75, 3.05) is 13.7 Å². The van der Waals surface area contributed by atoms with E-state index in [0.29, 0.717) is 33.7 Å². The molecule has 0 saturated carbocycles. The van der Waals surface area contributed by atoms with Crippen LogP contribution in [-0.4, -0.2) is 25.5 Å². The fourth-order valence-electron chi connectivity index (χ4n) is 2.04. The lowest BCUT2D eigenvalue weighted by Gasteiger charge is -2.14. The molecule has 0 aromatic heterocycles. The maximum Gasteiger partial charge on any atom is 0.269 e. The standard InChI is InChI=1S/C18H19BrN2O4/c1-3-9-25-16-14(19)10-13(11-15(16)24-2)18(23)21-20-17(22)12-7-5-4-6-8-12/h4-8,10-11H,3,9H2,1-2H3,(H,20,22)(H,21,23). The van der Waals surface area contributed by atoms with Crippen LogP contribution in [0.15, 0.2) is 46.9 Å². The van der Waals surface area contributed by atoms with Crippen molar-refractivity contribution in [3.8, 4) is 11.5 Å². The molecule has 0 aliphatic carbocycles. The first-order chi connectivity index (χ1) is 12.1. The highest BCUT2D eigenvalue weighted by Gasteiger charge is 2.16. The smallest absolute Gasteiger partial charge is 0.269 e. The number of rotatable bonds is 6. The lowest BCUT2D eigenvalue weighted by atomic mass is 10.2. The van der Waals surface area contributed by atoms with Crippen LogP contribution < -0.4 is 20.3 Å². The second kappa shape index (κ2) is 9.08. The molecule has 2 amide bonds. The number of nitrogens with one attached hydrogen (secondary N) is 2. The summed E-state index contributed by atoms with van der Waals surface area (Å²) in [5, 5.41) is 0. The monoisotopic (exact) mass is 406 g/mol. The Bertz CT molecular complexity index is 750. The third kappa shape index (κ3) is 4.96. The van der Waals surface area contributed by atoms with E-state index in [4.69, 9.17) is 9.47 Å². The summed E-state index contributed by atoms with van der Waals surface area (Å²) in [4.78, 5) is 24.2. The zero-order valence-electron chi connectivity index (χ0n) is 14.0. The van der Waals surface area contributed by atoms with Gasteiger partial charge in [0.1, 0.15) is 0 Å². The van der Waals surface area contributed by atoms with E-state index in [2.05, 4.69) is 26.8 Å². The number of carbonyl (C=O) groups is 2. The van der Waals surface area contributed by atoms with Gasteiger partial charge in [-0.1, -0.05) is 25.1 Å². The molecule has 0 bridgehead atoms. The van der Waals surface area contributed by atoms with Crippen LogP contribution in [0.5, 0.6) is 11.5 Å². The predicted octanol–water partition coefficient (Wildman–Crippen LogP) is 3.32. The van der Waals surface area contributed by atoms with Crippen LogP contribution in [0.1, 0.15) is 34.1 Å². The molecule has 2 aromatic carbocycles. The maximum absolute atomic E-state index is 12.3. The zero-order chi connectivity index (χ0) is 18.2. The number of ether oxygens (including phenoxy) is 2. The fourth-order valence-corrected chi connectivity index (χ4v) is 2.60. The number of amides is 2. The Kier molecular flexibility index (Phi) is 6.82. The van der Waals surface area contributed by atoms with Gasteiger partial charge >= 0.3 is 0 Å². The van der Waals surface area contributed by atoms with Crippen molar-refractivity contribution < 1.29 is 19.1 Å². The van der Waals surface area contributed by atoms with E-state index in [1.807, 2.05) is 6.92 Å². The number of methoxy groups -OCH3 is 1. The molecule has 0 radical (unpaired) electrons. The van der Waals surface area contributed by atoms with Crippen LogP contribution in [0.4, 0.5) is 0 Å². The van der Waals surface area contributed by atoms with Crippen molar-refractivity contribution in [3.05, 3.63) is 58.1 Å². The second-order valence-corrected chi connectivity index (χ2v) is 5.97. The molecule has 6 nitrogen and oxygen atoms in total. The van der Waals surface area contributed by atoms with Crippen molar-refractivity contribution >= 4 is 27.7 Å². The number of benzene rings is 2. The van der Waals surface area contributed by atoms with Crippen molar-refractivity contribution in [2.24, 2.45) is 0 Å². The summed E-state index contributed by atoms with van der Waals surface area (Å²) in [5.41, 5.74) is 5.53. The minimum Gasteiger partial charge on any atom is -0.493 e. The maximum atomic E-state index is 12.3. The van der Waals surface area contributed by atoms with Gasteiger partial charge in [0.2, 0.25) is 0 Å². The summed E-state index contributed by atoms with van der Waals surface area (Å²) in [6.07, 6.45) is 0.851. The quantitative estimate of drug-likeness (QED) is 0.721. The number of halogens is 1. The van der Waals surface area contributed by atoms with Crippen molar-refractivity contribution in [3.63, 3.8) is 0 Å². The van der Waals surface area contributed by atoms with Gasteiger partial charge in [0.15, 0.2) is 11.5 Å². The van der Waals surface area contributed by atoms with Crippen molar-refractivity contribution in [1.82, 2.24) is 10.9 Å². The van der Waals surface area contributed by atoms with Gasteiger partial charge in [-0.25, -0.2) is 0 Å². The lowest BCUT2D eigenvalue weighted by Crippen LogP contribution is -2.41. The van der Waals surface area contributed by atoms with Crippen LogP contribution in [-0.2, 0) is 0 Å². The summed E-state index contributed by atoms with van der Waals surface area (Å²) in [7, 11) is 1.50. The molecule has 0 aliphatic heterocycles. The van der Waals surface area contributed by atoms with Gasteiger partial charge in [0.05, 0.1) is 18.2 Å². The molecular weight excluding hydrogens is 388 g/mol. The van der Waals surface area contributed by atoms with Crippen molar-refractivity contribution in [1.29, 1.82) is 0 Å². The van der Waals surface area contributed by atoms with Crippen molar-refractivity contribution in [2.45, 2.75) is 13.3 Å². The summed E-state index contributed by atoms with van der Waals surface area (Å²) in [6, 6.07) is 11.8. The molecule has 0 fully saturated rings. The molecule has 0 aliphatic rings. The van der Waals surface area contributed by atoms with Gasteiger partial charge in [0, 0.05) is 11.1 Å². The van der Waals surface area contributed by atoms with Crippen LogP contribution in [0.25, 0.3) is 0 Å². The van der Waals surface area contributed by atoms with Crippen LogP contribution in [0.3, 0.4) is 0 Å². The fraction of sp³-hybridized carbons (Fsp3) is 0.222. The van der Waals surface area contributed by atoms with E-state index in [1.165, 1.54) is 7.11 Å². The first kappa shape index (κ1) is 18.8. The Morgan fingerprint density at radius 3 is 2.28 bits per heavy atom. The average molecular weight is 407 g/mol. The highest BCUT2D eigenvalue weighted by molar-refractivity contribution is 9.10. The Hall–Kier alpha value is -2.54. The molecule has 0 saturated heterocycles.